The van der Waals surface area contributed by atoms with Gasteiger partial charge in [0.2, 0.25) is 0 Å². The topological polar surface area (TPSA) is 60.2 Å². The van der Waals surface area contributed by atoms with Crippen molar-refractivity contribution in [1.29, 1.82) is 0 Å². The first-order valence-corrected chi connectivity index (χ1v) is 4.87. The average Bonchev–Trinajstić information content (AvgIpc) is 3.01. The minimum atomic E-state index is 0.405. The van der Waals surface area contributed by atoms with Crippen LogP contribution in [0.15, 0.2) is 12.3 Å². The number of rotatable bonds is 4. The number of nitrogens with zero attached hydrogens (tertiary/aromatic N) is 1. The lowest BCUT2D eigenvalue weighted by molar-refractivity contribution is 0.302. The largest absolute Gasteiger partial charge is 0.489 e. The molecule has 0 unspecified atom stereocenters. The zero-order valence-electron chi connectivity index (χ0n) is 8.29. The molecular weight excluding hydrogens is 178 g/mol. The van der Waals surface area contributed by atoms with Gasteiger partial charge in [0.05, 0.1) is 12.3 Å². The van der Waals surface area contributed by atoms with Gasteiger partial charge in [-0.05, 0) is 18.9 Å². The van der Waals surface area contributed by atoms with E-state index in [-0.39, 0.29) is 0 Å². The predicted octanol–water partition coefficient (Wildman–Crippen LogP) is 1.12. The van der Waals surface area contributed by atoms with Gasteiger partial charge in [-0.3, -0.25) is 0 Å². The van der Waals surface area contributed by atoms with Gasteiger partial charge in [0.25, 0.3) is 0 Å². The number of hydrogen-bond donors (Lipinski definition) is 2. The Kier molecular flexibility index (Phi) is 2.54. The van der Waals surface area contributed by atoms with Crippen LogP contribution in [0.2, 0.25) is 0 Å². The summed E-state index contributed by atoms with van der Waals surface area (Å²) in [6, 6.07) is 1.96. The summed E-state index contributed by atoms with van der Waals surface area (Å²) in [5, 5.41) is 3.00. The van der Waals surface area contributed by atoms with Crippen molar-refractivity contribution in [3.05, 3.63) is 17.8 Å². The highest BCUT2D eigenvalue weighted by Gasteiger charge is 2.23. The highest BCUT2D eigenvalue weighted by atomic mass is 16.5. The van der Waals surface area contributed by atoms with E-state index in [0.29, 0.717) is 12.6 Å². The van der Waals surface area contributed by atoms with Crippen molar-refractivity contribution in [2.75, 3.05) is 12.4 Å². The van der Waals surface area contributed by atoms with E-state index in [1.807, 2.05) is 13.1 Å². The third-order valence-corrected chi connectivity index (χ3v) is 2.23. The summed E-state index contributed by atoms with van der Waals surface area (Å²) in [6.07, 6.45) is 4.46. The number of pyridine rings is 1. The molecule has 4 heteroatoms. The van der Waals surface area contributed by atoms with Crippen molar-refractivity contribution in [2.45, 2.75) is 25.5 Å². The Bertz CT molecular complexity index is 323. The molecule has 2 rings (SSSR count). The highest BCUT2D eigenvalue weighted by Crippen LogP contribution is 2.27. The second kappa shape index (κ2) is 3.84. The van der Waals surface area contributed by atoms with E-state index < -0.39 is 0 Å². The van der Waals surface area contributed by atoms with Crippen LogP contribution in [-0.4, -0.2) is 18.1 Å². The molecule has 1 heterocycles. The standard InChI is InChI=1S/C10H15N3O/c1-12-10-7(5-11)4-9(6-13-10)14-8-2-3-8/h4,6,8H,2-3,5,11H2,1H3,(H,12,13). The van der Waals surface area contributed by atoms with Crippen LogP contribution < -0.4 is 15.8 Å². The van der Waals surface area contributed by atoms with Crippen LogP contribution in [0.3, 0.4) is 0 Å². The number of nitrogens with two attached hydrogens (primary N) is 1. The molecule has 0 aliphatic heterocycles. The van der Waals surface area contributed by atoms with Gasteiger partial charge in [-0.2, -0.15) is 0 Å². The van der Waals surface area contributed by atoms with Crippen LogP contribution in [0.1, 0.15) is 18.4 Å². The van der Waals surface area contributed by atoms with Gasteiger partial charge in [0.1, 0.15) is 11.6 Å². The van der Waals surface area contributed by atoms with Crippen molar-refractivity contribution in [3.8, 4) is 5.75 Å². The molecule has 1 fully saturated rings. The number of anilines is 1. The van der Waals surface area contributed by atoms with E-state index in [9.17, 15) is 0 Å². The third kappa shape index (κ3) is 1.96. The molecule has 0 saturated heterocycles. The molecular formula is C10H15N3O. The summed E-state index contributed by atoms with van der Waals surface area (Å²) in [4.78, 5) is 4.23. The summed E-state index contributed by atoms with van der Waals surface area (Å²) in [7, 11) is 1.84. The monoisotopic (exact) mass is 193 g/mol. The molecule has 0 radical (unpaired) electrons. The van der Waals surface area contributed by atoms with Crippen molar-refractivity contribution in [3.63, 3.8) is 0 Å². The first-order chi connectivity index (χ1) is 6.83. The smallest absolute Gasteiger partial charge is 0.138 e. The molecule has 1 saturated carbocycles. The first kappa shape index (κ1) is 9.27. The van der Waals surface area contributed by atoms with Crippen molar-refractivity contribution >= 4 is 5.82 Å². The fraction of sp³-hybridized carbons (Fsp3) is 0.500. The number of nitrogens with one attached hydrogen (secondary N) is 1. The van der Waals surface area contributed by atoms with Crippen LogP contribution >= 0.6 is 0 Å². The molecule has 0 amide bonds. The Morgan fingerprint density at radius 1 is 1.64 bits per heavy atom. The van der Waals surface area contributed by atoms with Crippen LogP contribution in [0.25, 0.3) is 0 Å². The summed E-state index contributed by atoms with van der Waals surface area (Å²) < 4.78 is 5.62. The minimum absolute atomic E-state index is 0.405. The number of aromatic nitrogens is 1. The van der Waals surface area contributed by atoms with E-state index in [1.54, 1.807) is 6.20 Å². The van der Waals surface area contributed by atoms with Gasteiger partial charge in [-0.25, -0.2) is 4.98 Å². The SMILES string of the molecule is CNc1ncc(OC2CC2)cc1CN. The summed E-state index contributed by atoms with van der Waals surface area (Å²) in [5.41, 5.74) is 6.60. The second-order valence-electron chi connectivity index (χ2n) is 3.45. The summed E-state index contributed by atoms with van der Waals surface area (Å²) in [6.45, 7) is 0.477. The van der Waals surface area contributed by atoms with Gasteiger partial charge in [0, 0.05) is 19.2 Å². The zero-order chi connectivity index (χ0) is 9.97. The van der Waals surface area contributed by atoms with E-state index in [1.165, 1.54) is 0 Å². The van der Waals surface area contributed by atoms with Gasteiger partial charge >= 0.3 is 0 Å². The van der Waals surface area contributed by atoms with Crippen LogP contribution in [0, 0.1) is 0 Å². The maximum atomic E-state index is 5.62. The van der Waals surface area contributed by atoms with Crippen molar-refractivity contribution < 1.29 is 4.74 Å². The van der Waals surface area contributed by atoms with Gasteiger partial charge in [0.15, 0.2) is 0 Å². The lowest BCUT2D eigenvalue weighted by Gasteiger charge is -2.09. The fourth-order valence-corrected chi connectivity index (χ4v) is 1.31. The Labute approximate surface area is 83.5 Å². The predicted molar refractivity (Wildman–Crippen MR) is 55.3 cm³/mol. The normalized spacial score (nSPS) is 15.3. The van der Waals surface area contributed by atoms with Crippen LogP contribution in [0.4, 0.5) is 5.82 Å². The molecule has 1 aromatic heterocycles. The molecule has 0 aromatic carbocycles. The van der Waals surface area contributed by atoms with Crippen molar-refractivity contribution in [2.24, 2.45) is 5.73 Å². The molecule has 4 nitrogen and oxygen atoms in total. The summed E-state index contributed by atoms with van der Waals surface area (Å²) in [5.74, 6) is 1.66. The number of ether oxygens (including phenoxy) is 1. The summed E-state index contributed by atoms with van der Waals surface area (Å²) >= 11 is 0. The van der Waals surface area contributed by atoms with Crippen LogP contribution in [-0.2, 0) is 6.54 Å². The van der Waals surface area contributed by atoms with E-state index in [2.05, 4.69) is 10.3 Å². The lowest BCUT2D eigenvalue weighted by atomic mass is 10.2. The van der Waals surface area contributed by atoms with E-state index in [0.717, 1.165) is 30.0 Å². The maximum Gasteiger partial charge on any atom is 0.138 e. The maximum absolute atomic E-state index is 5.62. The Morgan fingerprint density at radius 2 is 2.43 bits per heavy atom. The molecule has 0 bridgehead atoms. The Hall–Kier alpha value is -1.29. The van der Waals surface area contributed by atoms with Gasteiger partial charge < -0.3 is 15.8 Å². The average molecular weight is 193 g/mol. The molecule has 14 heavy (non-hydrogen) atoms. The quantitative estimate of drug-likeness (QED) is 0.752. The Morgan fingerprint density at radius 3 is 3.00 bits per heavy atom. The fourth-order valence-electron chi connectivity index (χ4n) is 1.31. The highest BCUT2D eigenvalue weighted by molar-refractivity contribution is 5.46. The Balaban J connectivity index is 2.16. The molecule has 1 aromatic rings. The van der Waals surface area contributed by atoms with Gasteiger partial charge in [-0.1, -0.05) is 0 Å². The lowest BCUT2D eigenvalue weighted by Crippen LogP contribution is -2.05. The molecule has 0 atom stereocenters. The first-order valence-electron chi connectivity index (χ1n) is 4.87. The molecule has 1 aliphatic carbocycles. The van der Waals surface area contributed by atoms with Crippen molar-refractivity contribution in [1.82, 2.24) is 4.98 Å². The molecule has 3 N–H and O–H groups in total. The number of hydrogen-bond acceptors (Lipinski definition) is 4. The molecule has 76 valence electrons. The minimum Gasteiger partial charge on any atom is -0.489 e. The van der Waals surface area contributed by atoms with E-state index >= 15 is 0 Å². The molecule has 0 spiro atoms. The third-order valence-electron chi connectivity index (χ3n) is 2.23. The second-order valence-corrected chi connectivity index (χ2v) is 3.45. The van der Waals surface area contributed by atoms with E-state index in [4.69, 9.17) is 10.5 Å². The zero-order valence-corrected chi connectivity index (χ0v) is 8.29. The van der Waals surface area contributed by atoms with Crippen LogP contribution in [0.5, 0.6) is 5.75 Å². The molecule has 1 aliphatic rings. The van der Waals surface area contributed by atoms with Gasteiger partial charge in [-0.15, -0.1) is 0 Å².